The average molecular weight is 437 g/mol. The molecule has 1 aliphatic carbocycles. The van der Waals surface area contributed by atoms with E-state index in [-0.39, 0.29) is 11.8 Å². The van der Waals surface area contributed by atoms with E-state index in [4.69, 9.17) is 0 Å². The van der Waals surface area contributed by atoms with Gasteiger partial charge in [-0.2, -0.15) is 9.49 Å². The van der Waals surface area contributed by atoms with Crippen LogP contribution in [-0.4, -0.2) is 38.1 Å². The minimum Gasteiger partial charge on any atom is -0.388 e. The minimum atomic E-state index is -0.609. The fourth-order valence-electron chi connectivity index (χ4n) is 4.63. The van der Waals surface area contributed by atoms with Gasteiger partial charge in [0.05, 0.1) is 18.3 Å². The Kier molecular flexibility index (Phi) is 6.65. The molecule has 0 aliphatic heterocycles. The number of benzene rings is 1. The van der Waals surface area contributed by atoms with Crippen LogP contribution in [0.15, 0.2) is 48.7 Å². The number of carbonyl (C=O) groups is 1. The number of aliphatic hydroxyl groups is 1. The second-order valence-electron chi connectivity index (χ2n) is 8.90. The van der Waals surface area contributed by atoms with Crippen LogP contribution in [0.2, 0.25) is 0 Å². The second-order valence-corrected chi connectivity index (χ2v) is 8.90. The van der Waals surface area contributed by atoms with Crippen molar-refractivity contribution in [1.29, 1.82) is 0 Å². The van der Waals surface area contributed by atoms with Crippen molar-refractivity contribution >= 4 is 5.91 Å². The highest BCUT2D eigenvalue weighted by molar-refractivity contribution is 5.94. The van der Waals surface area contributed by atoms with Crippen LogP contribution in [0.5, 0.6) is 0 Å². The standard InChI is InChI=1S/C25H29FN4O2/c1-16-11-22(29-28-16)15-30(2)25(32)19-6-3-17(4-7-19)12-18-5-8-20(13-18)24(31)21-9-10-23(26)27-14-21/h3-4,6-7,9-11,14,18,20,24,31H,5,8,12-13,15H2,1-2H3,(H,28,29)/t18?,20-,24-/m0/s1. The summed E-state index contributed by atoms with van der Waals surface area (Å²) < 4.78 is 13.0. The van der Waals surface area contributed by atoms with E-state index < -0.39 is 12.1 Å². The molecular weight excluding hydrogens is 407 g/mol. The van der Waals surface area contributed by atoms with E-state index in [9.17, 15) is 14.3 Å². The molecule has 1 aliphatic rings. The zero-order valence-corrected chi connectivity index (χ0v) is 18.5. The highest BCUT2D eigenvalue weighted by Crippen LogP contribution is 2.40. The molecule has 32 heavy (non-hydrogen) atoms. The second kappa shape index (κ2) is 9.61. The number of pyridine rings is 1. The smallest absolute Gasteiger partial charge is 0.253 e. The predicted octanol–water partition coefficient (Wildman–Crippen LogP) is 4.22. The van der Waals surface area contributed by atoms with Gasteiger partial charge in [0.2, 0.25) is 5.95 Å². The van der Waals surface area contributed by atoms with Crippen LogP contribution in [0, 0.1) is 24.7 Å². The first-order valence-electron chi connectivity index (χ1n) is 11.0. The third kappa shape index (κ3) is 5.22. The maximum atomic E-state index is 13.0. The molecule has 6 nitrogen and oxygen atoms in total. The first-order valence-corrected chi connectivity index (χ1v) is 11.0. The van der Waals surface area contributed by atoms with E-state index >= 15 is 0 Å². The fraction of sp³-hybridized carbons (Fsp3) is 0.400. The molecule has 0 radical (unpaired) electrons. The molecule has 0 saturated heterocycles. The van der Waals surface area contributed by atoms with Gasteiger partial charge in [-0.15, -0.1) is 0 Å². The predicted molar refractivity (Wildman–Crippen MR) is 119 cm³/mol. The third-order valence-corrected chi connectivity index (χ3v) is 6.35. The Balaban J connectivity index is 1.30. The van der Waals surface area contributed by atoms with Gasteiger partial charge in [0.15, 0.2) is 0 Å². The number of halogens is 1. The normalized spacial score (nSPS) is 19.1. The van der Waals surface area contributed by atoms with Crippen molar-refractivity contribution in [3.8, 4) is 0 Å². The molecule has 2 heterocycles. The van der Waals surface area contributed by atoms with Crippen LogP contribution in [0.3, 0.4) is 0 Å². The lowest BCUT2D eigenvalue weighted by atomic mass is 9.92. The summed E-state index contributed by atoms with van der Waals surface area (Å²) in [5, 5.41) is 17.7. The molecule has 0 spiro atoms. The quantitative estimate of drug-likeness (QED) is 0.544. The molecule has 4 rings (SSSR count). The van der Waals surface area contributed by atoms with Crippen molar-refractivity contribution in [2.75, 3.05) is 7.05 Å². The molecule has 7 heteroatoms. The van der Waals surface area contributed by atoms with E-state index in [0.717, 1.165) is 37.1 Å². The Labute approximate surface area is 187 Å². The molecule has 3 atom stereocenters. The van der Waals surface area contributed by atoms with Gasteiger partial charge in [0.1, 0.15) is 0 Å². The number of H-pyrrole nitrogens is 1. The van der Waals surface area contributed by atoms with Crippen molar-refractivity contribution in [3.63, 3.8) is 0 Å². The zero-order valence-electron chi connectivity index (χ0n) is 18.5. The molecule has 0 bridgehead atoms. The van der Waals surface area contributed by atoms with Crippen LogP contribution in [0.4, 0.5) is 4.39 Å². The first kappa shape index (κ1) is 22.1. The van der Waals surface area contributed by atoms with Gasteiger partial charge in [0.25, 0.3) is 5.91 Å². The van der Waals surface area contributed by atoms with Gasteiger partial charge in [0, 0.05) is 24.5 Å². The van der Waals surface area contributed by atoms with Crippen molar-refractivity contribution in [2.24, 2.45) is 11.8 Å². The lowest BCUT2D eigenvalue weighted by Crippen LogP contribution is -2.26. The number of aliphatic hydroxyl groups excluding tert-OH is 1. The highest BCUT2D eigenvalue weighted by atomic mass is 19.1. The molecular formula is C25H29FN4O2. The zero-order chi connectivity index (χ0) is 22.7. The van der Waals surface area contributed by atoms with Gasteiger partial charge in [-0.3, -0.25) is 9.89 Å². The Bertz CT molecular complexity index is 1050. The number of carbonyl (C=O) groups excluding carboxylic acids is 1. The van der Waals surface area contributed by atoms with Gasteiger partial charge < -0.3 is 10.0 Å². The number of amides is 1. The summed E-state index contributed by atoms with van der Waals surface area (Å²) in [6, 6.07) is 12.7. The molecule has 3 aromatic rings. The number of nitrogens with zero attached hydrogens (tertiary/aromatic N) is 3. The summed E-state index contributed by atoms with van der Waals surface area (Å²) in [7, 11) is 1.78. The van der Waals surface area contributed by atoms with Gasteiger partial charge >= 0.3 is 0 Å². The molecule has 2 aromatic heterocycles. The Morgan fingerprint density at radius 1 is 1.25 bits per heavy atom. The minimum absolute atomic E-state index is 0.0332. The van der Waals surface area contributed by atoms with Crippen molar-refractivity contribution in [1.82, 2.24) is 20.1 Å². The monoisotopic (exact) mass is 436 g/mol. The topological polar surface area (TPSA) is 82.1 Å². The van der Waals surface area contributed by atoms with Crippen LogP contribution in [0.25, 0.3) is 0 Å². The van der Waals surface area contributed by atoms with Gasteiger partial charge in [-0.25, -0.2) is 4.98 Å². The number of aromatic nitrogens is 3. The highest BCUT2D eigenvalue weighted by Gasteiger charge is 2.31. The number of hydrogen-bond acceptors (Lipinski definition) is 4. The number of aryl methyl sites for hydroxylation is 1. The number of nitrogens with one attached hydrogen (secondary N) is 1. The van der Waals surface area contributed by atoms with Crippen molar-refractivity contribution < 1.29 is 14.3 Å². The number of rotatable bonds is 7. The van der Waals surface area contributed by atoms with E-state index in [2.05, 4.69) is 15.2 Å². The SMILES string of the molecule is Cc1cc(CN(C)C(=O)c2ccc(CC3CC[C@H]([C@H](O)c4ccc(F)nc4)C3)cc2)n[nH]1. The average Bonchev–Trinajstić information content (AvgIpc) is 3.42. The molecule has 168 valence electrons. The molecule has 1 saturated carbocycles. The molecule has 1 fully saturated rings. The molecule has 1 amide bonds. The van der Waals surface area contributed by atoms with Crippen LogP contribution in [0.1, 0.15) is 58.2 Å². The fourth-order valence-corrected chi connectivity index (χ4v) is 4.63. The van der Waals surface area contributed by atoms with E-state index in [1.165, 1.54) is 17.8 Å². The summed E-state index contributed by atoms with van der Waals surface area (Å²) >= 11 is 0. The first-order chi connectivity index (χ1) is 15.4. The van der Waals surface area contributed by atoms with Crippen LogP contribution >= 0.6 is 0 Å². The van der Waals surface area contributed by atoms with Gasteiger partial charge in [-0.1, -0.05) is 18.2 Å². The molecule has 1 aromatic carbocycles. The summed E-state index contributed by atoms with van der Waals surface area (Å²) in [6.07, 6.45) is 4.64. The molecule has 2 N–H and O–H groups in total. The van der Waals surface area contributed by atoms with Gasteiger partial charge in [-0.05, 0) is 79.8 Å². The number of hydrogen-bond donors (Lipinski definition) is 2. The van der Waals surface area contributed by atoms with E-state index in [1.807, 2.05) is 37.3 Å². The van der Waals surface area contributed by atoms with E-state index in [1.54, 1.807) is 18.0 Å². The van der Waals surface area contributed by atoms with Crippen LogP contribution < -0.4 is 0 Å². The Hall–Kier alpha value is -3.06. The summed E-state index contributed by atoms with van der Waals surface area (Å²) in [4.78, 5) is 18.0. The van der Waals surface area contributed by atoms with Crippen molar-refractivity contribution in [3.05, 3.63) is 82.7 Å². The summed E-state index contributed by atoms with van der Waals surface area (Å²) in [5.41, 5.74) is 4.34. The third-order valence-electron chi connectivity index (χ3n) is 6.35. The summed E-state index contributed by atoms with van der Waals surface area (Å²) in [6.45, 7) is 2.39. The lowest BCUT2D eigenvalue weighted by molar-refractivity contribution is 0.0783. The Morgan fingerprint density at radius 3 is 2.69 bits per heavy atom. The number of aromatic amines is 1. The largest absolute Gasteiger partial charge is 0.388 e. The maximum absolute atomic E-state index is 13.0. The maximum Gasteiger partial charge on any atom is 0.253 e. The summed E-state index contributed by atoms with van der Waals surface area (Å²) in [5.74, 6) is 0.0754. The molecule has 1 unspecified atom stereocenters. The van der Waals surface area contributed by atoms with Crippen LogP contribution in [-0.2, 0) is 13.0 Å². The van der Waals surface area contributed by atoms with E-state index in [0.29, 0.717) is 23.6 Å². The Morgan fingerprint density at radius 2 is 2.03 bits per heavy atom. The lowest BCUT2D eigenvalue weighted by Gasteiger charge is -2.19. The van der Waals surface area contributed by atoms with Crippen molar-refractivity contribution in [2.45, 2.75) is 45.3 Å².